The highest BCUT2D eigenvalue weighted by Crippen LogP contribution is 2.34. The molecule has 124 valence electrons. The summed E-state index contributed by atoms with van der Waals surface area (Å²) in [4.78, 5) is 20.4. The zero-order valence-electron chi connectivity index (χ0n) is 13.7. The van der Waals surface area contributed by atoms with Crippen LogP contribution in [0, 0.1) is 0 Å². The molecule has 0 atom stereocenters. The molecule has 0 spiro atoms. The Balaban J connectivity index is 1.99. The lowest BCUT2D eigenvalue weighted by Crippen LogP contribution is -2.25. The maximum Gasteiger partial charge on any atom is 0.262 e. The molecule has 0 bridgehead atoms. The van der Waals surface area contributed by atoms with Crippen molar-refractivity contribution in [2.45, 2.75) is 32.2 Å². The van der Waals surface area contributed by atoms with E-state index in [1.165, 1.54) is 16.9 Å². The first-order valence-corrected chi connectivity index (χ1v) is 9.20. The van der Waals surface area contributed by atoms with E-state index in [9.17, 15) is 4.79 Å². The molecule has 0 saturated heterocycles. The summed E-state index contributed by atoms with van der Waals surface area (Å²) in [6, 6.07) is 9.94. The summed E-state index contributed by atoms with van der Waals surface area (Å²) in [6.45, 7) is 1.02. The Kier molecular flexibility index (Phi) is 4.21. The molecule has 2 aromatic heterocycles. The number of hydrogen-bond donors (Lipinski definition) is 0. The second kappa shape index (κ2) is 6.49. The first-order chi connectivity index (χ1) is 11.8. The predicted octanol–water partition coefficient (Wildman–Crippen LogP) is 3.65. The van der Waals surface area contributed by atoms with Crippen molar-refractivity contribution in [3.63, 3.8) is 0 Å². The molecule has 0 saturated carbocycles. The molecule has 4 rings (SSSR count). The third-order valence-corrected chi connectivity index (χ3v) is 5.81. The van der Waals surface area contributed by atoms with Crippen LogP contribution in [0.4, 0.5) is 0 Å². The lowest BCUT2D eigenvalue weighted by atomic mass is 9.97. The summed E-state index contributed by atoms with van der Waals surface area (Å²) in [5.41, 5.74) is 2.29. The third kappa shape index (κ3) is 2.58. The highest BCUT2D eigenvalue weighted by atomic mass is 32.1. The minimum atomic E-state index is 0.0790. The standard InChI is InChI=1S/C19H20N2O2S/c1-23-12-11-21-17(13-7-3-2-4-8-13)20-18-16(19(21)22)14-9-5-6-10-15(14)24-18/h2-4,7-8H,5-6,9-12H2,1H3. The molecular formula is C19H20N2O2S. The van der Waals surface area contributed by atoms with E-state index in [0.717, 1.165) is 40.9 Å². The van der Waals surface area contributed by atoms with Gasteiger partial charge in [-0.05, 0) is 31.2 Å². The summed E-state index contributed by atoms with van der Waals surface area (Å²) in [5, 5.41) is 0.838. The number of fused-ring (bicyclic) bond motifs is 3. The summed E-state index contributed by atoms with van der Waals surface area (Å²) in [6.07, 6.45) is 4.45. The van der Waals surface area contributed by atoms with Gasteiger partial charge < -0.3 is 4.74 Å². The molecule has 1 aromatic carbocycles. The van der Waals surface area contributed by atoms with E-state index in [-0.39, 0.29) is 5.56 Å². The van der Waals surface area contributed by atoms with Crippen LogP contribution >= 0.6 is 11.3 Å². The number of nitrogens with zero attached hydrogens (tertiary/aromatic N) is 2. The van der Waals surface area contributed by atoms with E-state index in [1.54, 1.807) is 23.0 Å². The summed E-state index contributed by atoms with van der Waals surface area (Å²) in [7, 11) is 1.66. The van der Waals surface area contributed by atoms with Crippen molar-refractivity contribution in [2.24, 2.45) is 0 Å². The maximum atomic E-state index is 13.2. The second-order valence-electron chi connectivity index (χ2n) is 6.14. The third-order valence-electron chi connectivity index (χ3n) is 4.63. The van der Waals surface area contributed by atoms with Gasteiger partial charge in [0.2, 0.25) is 0 Å². The molecular weight excluding hydrogens is 320 g/mol. The van der Waals surface area contributed by atoms with Crippen LogP contribution in [0.3, 0.4) is 0 Å². The Hall–Kier alpha value is -1.98. The predicted molar refractivity (Wildman–Crippen MR) is 97.8 cm³/mol. The van der Waals surface area contributed by atoms with Gasteiger partial charge in [0.1, 0.15) is 10.7 Å². The molecule has 0 N–H and O–H groups in total. The van der Waals surface area contributed by atoms with Gasteiger partial charge in [-0.3, -0.25) is 9.36 Å². The summed E-state index contributed by atoms with van der Waals surface area (Å²) < 4.78 is 6.99. The van der Waals surface area contributed by atoms with Gasteiger partial charge in [0.15, 0.2) is 0 Å². The monoisotopic (exact) mass is 340 g/mol. The number of aromatic nitrogens is 2. The largest absolute Gasteiger partial charge is 0.383 e. The molecule has 2 heterocycles. The smallest absolute Gasteiger partial charge is 0.262 e. The number of benzene rings is 1. The van der Waals surface area contributed by atoms with Crippen LogP contribution in [0.25, 0.3) is 21.6 Å². The second-order valence-corrected chi connectivity index (χ2v) is 7.23. The highest BCUT2D eigenvalue weighted by Gasteiger charge is 2.22. The van der Waals surface area contributed by atoms with E-state index in [1.807, 2.05) is 30.3 Å². The molecule has 24 heavy (non-hydrogen) atoms. The van der Waals surface area contributed by atoms with Crippen molar-refractivity contribution in [1.29, 1.82) is 0 Å². The Morgan fingerprint density at radius 1 is 1.21 bits per heavy atom. The normalized spacial score (nSPS) is 14.0. The number of ether oxygens (including phenoxy) is 1. The number of rotatable bonds is 4. The minimum Gasteiger partial charge on any atom is -0.383 e. The molecule has 5 heteroatoms. The van der Waals surface area contributed by atoms with Crippen molar-refractivity contribution in [3.05, 3.63) is 51.1 Å². The van der Waals surface area contributed by atoms with Crippen LogP contribution in [0.1, 0.15) is 23.3 Å². The van der Waals surface area contributed by atoms with Gasteiger partial charge in [0, 0.05) is 17.6 Å². The Morgan fingerprint density at radius 3 is 2.79 bits per heavy atom. The Labute approximate surface area is 144 Å². The van der Waals surface area contributed by atoms with Crippen LogP contribution in [-0.4, -0.2) is 23.3 Å². The quantitative estimate of drug-likeness (QED) is 0.728. The lowest BCUT2D eigenvalue weighted by Gasteiger charge is -2.13. The van der Waals surface area contributed by atoms with Crippen molar-refractivity contribution < 1.29 is 4.74 Å². The molecule has 0 radical (unpaired) electrons. The van der Waals surface area contributed by atoms with E-state index in [4.69, 9.17) is 9.72 Å². The molecule has 0 unspecified atom stereocenters. The first-order valence-electron chi connectivity index (χ1n) is 8.39. The number of hydrogen-bond acceptors (Lipinski definition) is 4. The average Bonchev–Trinajstić information content (AvgIpc) is 3.00. The van der Waals surface area contributed by atoms with Gasteiger partial charge in [-0.2, -0.15) is 0 Å². The molecule has 1 aliphatic rings. The van der Waals surface area contributed by atoms with E-state index < -0.39 is 0 Å². The lowest BCUT2D eigenvalue weighted by molar-refractivity contribution is 0.186. The fourth-order valence-corrected chi connectivity index (χ4v) is 4.69. The van der Waals surface area contributed by atoms with Crippen molar-refractivity contribution in [2.75, 3.05) is 13.7 Å². The van der Waals surface area contributed by atoms with Gasteiger partial charge in [-0.25, -0.2) is 4.98 Å². The fraction of sp³-hybridized carbons (Fsp3) is 0.368. The maximum absolute atomic E-state index is 13.2. The number of thiophene rings is 1. The molecule has 4 nitrogen and oxygen atoms in total. The number of methoxy groups -OCH3 is 1. The van der Waals surface area contributed by atoms with Gasteiger partial charge in [0.25, 0.3) is 5.56 Å². The molecule has 0 aliphatic heterocycles. The van der Waals surface area contributed by atoms with Gasteiger partial charge in [-0.1, -0.05) is 30.3 Å². The Bertz CT molecular complexity index is 928. The van der Waals surface area contributed by atoms with Gasteiger partial charge in [-0.15, -0.1) is 11.3 Å². The molecule has 3 aromatic rings. The average molecular weight is 340 g/mol. The van der Waals surface area contributed by atoms with Crippen molar-refractivity contribution in [3.8, 4) is 11.4 Å². The van der Waals surface area contributed by atoms with E-state index in [0.29, 0.717) is 13.2 Å². The van der Waals surface area contributed by atoms with Crippen LogP contribution in [0.5, 0.6) is 0 Å². The first kappa shape index (κ1) is 15.5. The highest BCUT2D eigenvalue weighted by molar-refractivity contribution is 7.18. The van der Waals surface area contributed by atoms with Crippen LogP contribution < -0.4 is 5.56 Å². The fourth-order valence-electron chi connectivity index (χ4n) is 3.44. The summed E-state index contributed by atoms with van der Waals surface area (Å²) in [5.74, 6) is 0.740. The van der Waals surface area contributed by atoms with Crippen LogP contribution in [0.15, 0.2) is 35.1 Å². The van der Waals surface area contributed by atoms with E-state index >= 15 is 0 Å². The Morgan fingerprint density at radius 2 is 2.00 bits per heavy atom. The number of aryl methyl sites for hydroxylation is 2. The SMILES string of the molecule is COCCn1c(-c2ccccc2)nc2sc3c(c2c1=O)CCCC3. The zero-order chi connectivity index (χ0) is 16.5. The van der Waals surface area contributed by atoms with Gasteiger partial charge >= 0.3 is 0 Å². The molecule has 1 aliphatic carbocycles. The van der Waals surface area contributed by atoms with E-state index in [2.05, 4.69) is 0 Å². The zero-order valence-corrected chi connectivity index (χ0v) is 14.6. The van der Waals surface area contributed by atoms with Crippen LogP contribution in [0.2, 0.25) is 0 Å². The summed E-state index contributed by atoms with van der Waals surface area (Å²) >= 11 is 1.70. The van der Waals surface area contributed by atoms with Crippen molar-refractivity contribution in [1.82, 2.24) is 9.55 Å². The minimum absolute atomic E-state index is 0.0790. The topological polar surface area (TPSA) is 44.1 Å². The molecule has 0 amide bonds. The van der Waals surface area contributed by atoms with Crippen LogP contribution in [-0.2, 0) is 24.1 Å². The van der Waals surface area contributed by atoms with Gasteiger partial charge in [0.05, 0.1) is 18.5 Å². The molecule has 0 fully saturated rings. The van der Waals surface area contributed by atoms with Crippen molar-refractivity contribution >= 4 is 21.6 Å².